The Kier molecular flexibility index (Phi) is 5.80. The molecule has 6 rings (SSSR count). The molecule has 0 bridgehead atoms. The van der Waals surface area contributed by atoms with Gasteiger partial charge in [0.1, 0.15) is 5.69 Å². The maximum absolute atomic E-state index is 12.4. The summed E-state index contributed by atoms with van der Waals surface area (Å²) in [6.07, 6.45) is 6.73. The molecule has 194 valence electrons. The highest BCUT2D eigenvalue weighted by Gasteiger charge is 2.22. The second kappa shape index (κ2) is 9.21. The van der Waals surface area contributed by atoms with Crippen LogP contribution in [0, 0.1) is 5.41 Å². The summed E-state index contributed by atoms with van der Waals surface area (Å²) in [5.41, 5.74) is 5.10. The predicted octanol–water partition coefficient (Wildman–Crippen LogP) is 5.87. The third-order valence-corrected chi connectivity index (χ3v) is 7.47. The van der Waals surface area contributed by atoms with Crippen molar-refractivity contribution in [2.75, 3.05) is 5.32 Å². The number of rotatable bonds is 5. The quantitative estimate of drug-likeness (QED) is 0.234. The van der Waals surface area contributed by atoms with Crippen LogP contribution < -0.4 is 5.32 Å². The SMILES string of the molecule is CC(=O)c1ccc(-c2ccnc3nc(-c4n[nH]c5cnc(-c6cncc(NC(=O)C(C)(C)C)c6)cc45)[nH]c23)s1. The summed E-state index contributed by atoms with van der Waals surface area (Å²) in [6, 6.07) is 9.44. The fourth-order valence-corrected chi connectivity index (χ4v) is 5.06. The number of nitrogens with one attached hydrogen (secondary N) is 3. The molecule has 0 radical (unpaired) electrons. The molecule has 0 saturated heterocycles. The van der Waals surface area contributed by atoms with Crippen molar-refractivity contribution in [2.24, 2.45) is 5.41 Å². The van der Waals surface area contributed by atoms with Crippen molar-refractivity contribution >= 4 is 50.8 Å². The number of ketones is 1. The third-order valence-electron chi connectivity index (χ3n) is 6.26. The lowest BCUT2D eigenvalue weighted by atomic mass is 9.95. The Morgan fingerprint density at radius 2 is 1.87 bits per heavy atom. The van der Waals surface area contributed by atoms with Crippen LogP contribution in [-0.4, -0.2) is 46.8 Å². The fourth-order valence-electron chi connectivity index (χ4n) is 4.12. The Bertz CT molecular complexity index is 1890. The van der Waals surface area contributed by atoms with Gasteiger partial charge >= 0.3 is 0 Å². The minimum absolute atomic E-state index is 0.0339. The Morgan fingerprint density at radius 1 is 1.03 bits per heavy atom. The van der Waals surface area contributed by atoms with Gasteiger partial charge in [0.05, 0.1) is 39.7 Å². The number of aromatic nitrogens is 7. The Morgan fingerprint density at radius 3 is 2.64 bits per heavy atom. The first-order chi connectivity index (χ1) is 18.7. The van der Waals surface area contributed by atoms with Crippen LogP contribution in [0.25, 0.3) is 55.3 Å². The van der Waals surface area contributed by atoms with Crippen molar-refractivity contribution < 1.29 is 9.59 Å². The molecule has 3 N–H and O–H groups in total. The van der Waals surface area contributed by atoms with E-state index in [-0.39, 0.29) is 11.7 Å². The van der Waals surface area contributed by atoms with E-state index < -0.39 is 5.41 Å². The number of thiophene rings is 1. The van der Waals surface area contributed by atoms with Gasteiger partial charge < -0.3 is 10.3 Å². The number of fused-ring (bicyclic) bond motifs is 2. The molecule has 0 fully saturated rings. The van der Waals surface area contributed by atoms with Gasteiger partial charge in [-0.3, -0.25) is 24.7 Å². The molecule has 0 aliphatic heterocycles. The molecular weight excluding hydrogens is 512 g/mol. The van der Waals surface area contributed by atoms with Gasteiger partial charge in [-0.05, 0) is 37.3 Å². The molecule has 0 atom stereocenters. The lowest BCUT2D eigenvalue weighted by Gasteiger charge is -2.17. The number of imidazole rings is 1. The largest absolute Gasteiger partial charge is 0.335 e. The molecule has 0 spiro atoms. The van der Waals surface area contributed by atoms with Crippen LogP contribution >= 0.6 is 11.3 Å². The Balaban J connectivity index is 1.39. The summed E-state index contributed by atoms with van der Waals surface area (Å²) in [5, 5.41) is 11.3. The summed E-state index contributed by atoms with van der Waals surface area (Å²) >= 11 is 1.44. The second-order valence-electron chi connectivity index (χ2n) is 10.2. The van der Waals surface area contributed by atoms with E-state index in [2.05, 4.69) is 35.5 Å². The first-order valence-corrected chi connectivity index (χ1v) is 13.1. The Labute approximate surface area is 227 Å². The van der Waals surface area contributed by atoms with E-state index >= 15 is 0 Å². The minimum Gasteiger partial charge on any atom is -0.335 e. The standard InChI is InChI=1S/C28H24N8O2S/c1-14(37)21-5-6-22(39-21)17-7-8-30-25-23(17)33-26(34-25)24-18-10-19(31-13-20(18)35-36-24)15-9-16(12-29-11-15)32-27(38)28(2,3)4/h5-13H,1-4H3,(H,32,38)(H,35,36)(H,30,33,34). The van der Waals surface area contributed by atoms with Crippen molar-refractivity contribution in [3.8, 4) is 33.2 Å². The Hall–Kier alpha value is -4.77. The summed E-state index contributed by atoms with van der Waals surface area (Å²) in [6.45, 7) is 7.13. The molecule has 0 aliphatic rings. The maximum Gasteiger partial charge on any atom is 0.229 e. The van der Waals surface area contributed by atoms with Gasteiger partial charge in [0, 0.05) is 39.2 Å². The van der Waals surface area contributed by atoms with Crippen LogP contribution in [0.4, 0.5) is 5.69 Å². The topological polar surface area (TPSA) is 142 Å². The molecule has 6 aromatic rings. The summed E-state index contributed by atoms with van der Waals surface area (Å²) < 4.78 is 0. The van der Waals surface area contributed by atoms with E-state index in [0.717, 1.165) is 32.4 Å². The van der Waals surface area contributed by atoms with Crippen LogP contribution in [0.5, 0.6) is 0 Å². The van der Waals surface area contributed by atoms with Crippen molar-refractivity contribution in [1.82, 2.24) is 35.1 Å². The number of aromatic amines is 2. The van der Waals surface area contributed by atoms with Gasteiger partial charge in [0.25, 0.3) is 0 Å². The van der Waals surface area contributed by atoms with E-state index in [4.69, 9.17) is 4.98 Å². The van der Waals surface area contributed by atoms with Crippen molar-refractivity contribution in [1.29, 1.82) is 0 Å². The molecular formula is C28H24N8O2S. The van der Waals surface area contributed by atoms with E-state index in [0.29, 0.717) is 33.4 Å². The van der Waals surface area contributed by atoms with Crippen LogP contribution in [0.15, 0.2) is 55.1 Å². The molecule has 0 aliphatic carbocycles. The first kappa shape index (κ1) is 24.6. The number of Topliss-reactive ketones (excluding diaryl/α,β-unsaturated/α-hetero) is 1. The highest BCUT2D eigenvalue weighted by Crippen LogP contribution is 2.35. The van der Waals surface area contributed by atoms with Crippen molar-refractivity contribution in [2.45, 2.75) is 27.7 Å². The number of hydrogen-bond acceptors (Lipinski definition) is 8. The van der Waals surface area contributed by atoms with Gasteiger partial charge in [0.2, 0.25) is 5.91 Å². The zero-order valence-electron chi connectivity index (χ0n) is 21.7. The predicted molar refractivity (Wildman–Crippen MR) is 151 cm³/mol. The smallest absolute Gasteiger partial charge is 0.229 e. The monoisotopic (exact) mass is 536 g/mol. The maximum atomic E-state index is 12.4. The van der Waals surface area contributed by atoms with Gasteiger partial charge in [0.15, 0.2) is 17.3 Å². The number of nitrogens with zero attached hydrogens (tertiary/aromatic N) is 5. The average Bonchev–Trinajstić information content (AvgIpc) is 3.65. The van der Waals surface area contributed by atoms with Crippen molar-refractivity contribution in [3.63, 3.8) is 0 Å². The summed E-state index contributed by atoms with van der Waals surface area (Å²) in [4.78, 5) is 47.3. The van der Waals surface area contributed by atoms with Crippen LogP contribution in [0.2, 0.25) is 0 Å². The summed E-state index contributed by atoms with van der Waals surface area (Å²) in [7, 11) is 0. The average molecular weight is 537 g/mol. The highest BCUT2D eigenvalue weighted by molar-refractivity contribution is 7.17. The lowest BCUT2D eigenvalue weighted by Crippen LogP contribution is -2.27. The molecule has 0 saturated carbocycles. The molecule has 1 amide bonds. The van der Waals surface area contributed by atoms with Gasteiger partial charge in [-0.25, -0.2) is 9.97 Å². The number of pyridine rings is 3. The zero-order chi connectivity index (χ0) is 27.3. The third kappa shape index (κ3) is 4.57. The summed E-state index contributed by atoms with van der Waals surface area (Å²) in [5.74, 6) is 0.493. The van der Waals surface area contributed by atoms with Gasteiger partial charge in [-0.15, -0.1) is 11.3 Å². The van der Waals surface area contributed by atoms with Crippen LogP contribution in [-0.2, 0) is 4.79 Å². The fraction of sp³-hybridized carbons (Fsp3) is 0.179. The van der Waals surface area contributed by atoms with E-state index in [1.807, 2.05) is 51.1 Å². The van der Waals surface area contributed by atoms with E-state index in [9.17, 15) is 9.59 Å². The van der Waals surface area contributed by atoms with E-state index in [1.54, 1.807) is 31.7 Å². The number of hydrogen-bond donors (Lipinski definition) is 3. The van der Waals surface area contributed by atoms with E-state index in [1.165, 1.54) is 11.3 Å². The number of anilines is 1. The highest BCUT2D eigenvalue weighted by atomic mass is 32.1. The zero-order valence-corrected chi connectivity index (χ0v) is 22.5. The number of carbonyl (C=O) groups excluding carboxylic acids is 2. The van der Waals surface area contributed by atoms with Crippen molar-refractivity contribution in [3.05, 3.63) is 60.0 Å². The van der Waals surface area contributed by atoms with Gasteiger partial charge in [-0.1, -0.05) is 20.8 Å². The molecule has 0 aromatic carbocycles. The molecule has 6 heterocycles. The van der Waals surface area contributed by atoms with Crippen LogP contribution in [0.1, 0.15) is 37.4 Å². The molecule has 11 heteroatoms. The molecule has 39 heavy (non-hydrogen) atoms. The first-order valence-electron chi connectivity index (χ1n) is 12.2. The number of carbonyl (C=O) groups is 2. The van der Waals surface area contributed by atoms with Crippen LogP contribution in [0.3, 0.4) is 0 Å². The van der Waals surface area contributed by atoms with Gasteiger partial charge in [-0.2, -0.15) is 5.10 Å². The normalized spacial score (nSPS) is 11.8. The lowest BCUT2D eigenvalue weighted by molar-refractivity contribution is -0.123. The minimum atomic E-state index is -0.528. The second-order valence-corrected chi connectivity index (χ2v) is 11.3. The molecule has 10 nitrogen and oxygen atoms in total. The molecule has 6 aromatic heterocycles. The molecule has 0 unspecified atom stereocenters. The number of amides is 1. The number of H-pyrrole nitrogens is 2.